The van der Waals surface area contributed by atoms with Crippen LogP contribution < -0.4 is 27.0 Å². The topological polar surface area (TPSA) is 237 Å². The van der Waals surface area contributed by atoms with Gasteiger partial charge in [-0.25, -0.2) is 14.4 Å². The molecule has 0 fully saturated rings. The first-order chi connectivity index (χ1) is 22.5. The second-order valence-corrected chi connectivity index (χ2v) is 10.9. The minimum atomic E-state index is -1.51. The Bertz CT molecular complexity index is 1600. The Labute approximate surface area is 270 Å². The molecule has 0 spiro atoms. The molecule has 0 aliphatic rings. The molecule has 250 valence electrons. The minimum absolute atomic E-state index is 0.0276. The number of nitrogens with one attached hydrogen (secondary N) is 4. The summed E-state index contributed by atoms with van der Waals surface area (Å²) in [7, 11) is 0. The lowest BCUT2D eigenvalue weighted by Gasteiger charge is -2.20. The van der Waals surface area contributed by atoms with Crippen LogP contribution in [0.1, 0.15) is 53.6 Å². The molecule has 0 aliphatic heterocycles. The van der Waals surface area contributed by atoms with Crippen LogP contribution in [-0.2, 0) is 32.1 Å². The standard InChI is InChI=1S/C33H39N5O9/c34-19-21-6-5-9-24(17-21)29(41)36-27(18-20-11-12-22-7-1-2-8-23(22)16-20)30(42)35-15-4-3-10-25(31(43)44)37-33(47)38-26(32(45)46)13-14-28(39)40/h1-2,5-9,11-12,16-17,25-27H,3-4,10,13-15,18-19,34H2,(H,35,42)(H,36,41)(H,39,40)(H,43,44)(H,45,46)(H2,37,38,47)/t25-,26-,27-/m0/s1. The highest BCUT2D eigenvalue weighted by Gasteiger charge is 2.25. The van der Waals surface area contributed by atoms with E-state index < -0.39 is 60.3 Å². The van der Waals surface area contributed by atoms with E-state index >= 15 is 0 Å². The van der Waals surface area contributed by atoms with Gasteiger partial charge < -0.3 is 42.3 Å². The van der Waals surface area contributed by atoms with Crippen LogP contribution in [0.4, 0.5) is 4.79 Å². The van der Waals surface area contributed by atoms with Gasteiger partial charge >= 0.3 is 23.9 Å². The average Bonchev–Trinajstić information content (AvgIpc) is 3.05. The quantitative estimate of drug-likeness (QED) is 0.0933. The van der Waals surface area contributed by atoms with Crippen LogP contribution in [-0.4, -0.2) is 75.7 Å². The number of aliphatic carboxylic acids is 3. The number of nitrogens with two attached hydrogens (primary N) is 1. The zero-order valence-corrected chi connectivity index (χ0v) is 25.6. The first kappa shape index (κ1) is 36.0. The number of hydrogen-bond acceptors (Lipinski definition) is 7. The molecule has 0 saturated heterocycles. The second-order valence-electron chi connectivity index (χ2n) is 10.9. The Kier molecular flexibility index (Phi) is 13.7. The van der Waals surface area contributed by atoms with Gasteiger partial charge in [-0.15, -0.1) is 0 Å². The van der Waals surface area contributed by atoms with Gasteiger partial charge in [0.1, 0.15) is 18.1 Å². The maximum absolute atomic E-state index is 13.3. The van der Waals surface area contributed by atoms with E-state index in [0.29, 0.717) is 12.0 Å². The number of carbonyl (C=O) groups is 6. The molecule has 3 aromatic carbocycles. The molecule has 0 aromatic heterocycles. The molecule has 14 heteroatoms. The van der Waals surface area contributed by atoms with Gasteiger partial charge in [-0.05, 0) is 59.7 Å². The molecule has 0 radical (unpaired) electrons. The number of carboxylic acids is 3. The van der Waals surface area contributed by atoms with Gasteiger partial charge in [0.25, 0.3) is 5.91 Å². The number of amides is 4. The van der Waals surface area contributed by atoms with Crippen LogP contribution in [0.15, 0.2) is 66.7 Å². The zero-order valence-electron chi connectivity index (χ0n) is 25.6. The summed E-state index contributed by atoms with van der Waals surface area (Å²) in [5.41, 5.74) is 7.67. The summed E-state index contributed by atoms with van der Waals surface area (Å²) in [6, 6.07) is 15.5. The zero-order chi connectivity index (χ0) is 34.3. The number of carbonyl (C=O) groups excluding carboxylic acids is 3. The molecule has 0 saturated carbocycles. The van der Waals surface area contributed by atoms with Crippen molar-refractivity contribution in [3.05, 3.63) is 83.4 Å². The van der Waals surface area contributed by atoms with E-state index in [0.717, 1.165) is 21.9 Å². The molecular weight excluding hydrogens is 610 g/mol. The number of fused-ring (bicyclic) bond motifs is 1. The summed E-state index contributed by atoms with van der Waals surface area (Å²) in [4.78, 5) is 72.4. The molecule has 3 atom stereocenters. The smallest absolute Gasteiger partial charge is 0.326 e. The Morgan fingerprint density at radius 1 is 0.681 bits per heavy atom. The minimum Gasteiger partial charge on any atom is -0.481 e. The van der Waals surface area contributed by atoms with E-state index in [1.807, 2.05) is 42.5 Å². The number of hydrogen-bond donors (Lipinski definition) is 8. The van der Waals surface area contributed by atoms with E-state index in [9.17, 15) is 39.0 Å². The third kappa shape index (κ3) is 11.7. The molecule has 0 heterocycles. The predicted octanol–water partition coefficient (Wildman–Crippen LogP) is 2.00. The third-order valence-electron chi connectivity index (χ3n) is 7.37. The summed E-state index contributed by atoms with van der Waals surface area (Å²) in [6.07, 6.45) is -0.0858. The lowest BCUT2D eigenvalue weighted by Crippen LogP contribution is -2.51. The number of rotatable bonds is 18. The highest BCUT2D eigenvalue weighted by molar-refractivity contribution is 5.98. The van der Waals surface area contributed by atoms with E-state index in [4.69, 9.17) is 10.8 Å². The van der Waals surface area contributed by atoms with Gasteiger partial charge in [0.2, 0.25) is 5.91 Å². The highest BCUT2D eigenvalue weighted by atomic mass is 16.4. The molecule has 3 aromatic rings. The third-order valence-corrected chi connectivity index (χ3v) is 7.37. The second kappa shape index (κ2) is 17.8. The summed E-state index contributed by atoms with van der Waals surface area (Å²) in [6.45, 7) is 0.404. The number of urea groups is 1. The van der Waals surface area contributed by atoms with Crippen molar-refractivity contribution in [3.63, 3.8) is 0 Å². The van der Waals surface area contributed by atoms with Crippen LogP contribution in [0.3, 0.4) is 0 Å². The first-order valence-electron chi connectivity index (χ1n) is 15.1. The van der Waals surface area contributed by atoms with Gasteiger partial charge in [-0.2, -0.15) is 0 Å². The molecule has 4 amide bonds. The molecular formula is C33H39N5O9. The van der Waals surface area contributed by atoms with Crippen LogP contribution in [0.2, 0.25) is 0 Å². The van der Waals surface area contributed by atoms with Crippen molar-refractivity contribution in [1.29, 1.82) is 0 Å². The Hall–Kier alpha value is -5.50. The molecule has 0 bridgehead atoms. The van der Waals surface area contributed by atoms with Gasteiger partial charge in [0.15, 0.2) is 0 Å². The average molecular weight is 650 g/mol. The van der Waals surface area contributed by atoms with Crippen molar-refractivity contribution < 1.29 is 44.1 Å². The highest BCUT2D eigenvalue weighted by Crippen LogP contribution is 2.17. The molecule has 0 aliphatic carbocycles. The fourth-order valence-electron chi connectivity index (χ4n) is 4.84. The Balaban J connectivity index is 1.58. The van der Waals surface area contributed by atoms with Crippen LogP contribution in [0.25, 0.3) is 10.8 Å². The summed E-state index contributed by atoms with van der Waals surface area (Å²) >= 11 is 0. The fourth-order valence-corrected chi connectivity index (χ4v) is 4.84. The van der Waals surface area contributed by atoms with Crippen molar-refractivity contribution in [2.24, 2.45) is 5.73 Å². The van der Waals surface area contributed by atoms with Crippen molar-refractivity contribution in [2.45, 2.75) is 63.2 Å². The predicted molar refractivity (Wildman–Crippen MR) is 171 cm³/mol. The molecule has 47 heavy (non-hydrogen) atoms. The van der Waals surface area contributed by atoms with Crippen molar-refractivity contribution in [1.82, 2.24) is 21.3 Å². The number of benzene rings is 3. The maximum atomic E-state index is 13.3. The van der Waals surface area contributed by atoms with E-state index in [-0.39, 0.29) is 38.8 Å². The lowest BCUT2D eigenvalue weighted by atomic mass is 10.0. The first-order valence-corrected chi connectivity index (χ1v) is 15.1. The molecule has 0 unspecified atom stereocenters. The normalized spacial score (nSPS) is 12.7. The van der Waals surface area contributed by atoms with Gasteiger partial charge in [-0.3, -0.25) is 14.4 Å². The number of carboxylic acid groups (broad SMARTS) is 3. The molecule has 9 N–H and O–H groups in total. The lowest BCUT2D eigenvalue weighted by molar-refractivity contribution is -0.140. The van der Waals surface area contributed by atoms with Gasteiger partial charge in [-0.1, -0.05) is 54.6 Å². The summed E-state index contributed by atoms with van der Waals surface area (Å²) < 4.78 is 0. The van der Waals surface area contributed by atoms with Crippen molar-refractivity contribution in [3.8, 4) is 0 Å². The SMILES string of the molecule is NCc1cccc(C(=O)N[C@@H](Cc2ccc3ccccc3c2)C(=O)NCCCC[C@H](NC(=O)N[C@@H](CCC(=O)O)C(=O)O)C(=O)O)c1. The van der Waals surface area contributed by atoms with Crippen molar-refractivity contribution >= 4 is 46.5 Å². The van der Waals surface area contributed by atoms with Gasteiger partial charge in [0, 0.05) is 31.5 Å². The van der Waals surface area contributed by atoms with Crippen LogP contribution in [0.5, 0.6) is 0 Å². The Morgan fingerprint density at radius 3 is 2.02 bits per heavy atom. The monoisotopic (exact) mass is 649 g/mol. The van der Waals surface area contributed by atoms with Gasteiger partial charge in [0.05, 0.1) is 0 Å². The molecule has 3 rings (SSSR count). The van der Waals surface area contributed by atoms with E-state index in [2.05, 4.69) is 21.3 Å². The Morgan fingerprint density at radius 2 is 1.36 bits per heavy atom. The van der Waals surface area contributed by atoms with Crippen molar-refractivity contribution in [2.75, 3.05) is 6.54 Å². The van der Waals surface area contributed by atoms with E-state index in [1.165, 1.54) is 0 Å². The van der Waals surface area contributed by atoms with E-state index in [1.54, 1.807) is 24.3 Å². The summed E-state index contributed by atoms with van der Waals surface area (Å²) in [5.74, 6) is -4.92. The van der Waals surface area contributed by atoms with Crippen LogP contribution in [0, 0.1) is 0 Å². The maximum Gasteiger partial charge on any atom is 0.326 e. The summed E-state index contributed by atoms with van der Waals surface area (Å²) in [5, 5.41) is 39.4. The largest absolute Gasteiger partial charge is 0.481 e. The number of unbranched alkanes of at least 4 members (excludes halogenated alkanes) is 1. The molecule has 14 nitrogen and oxygen atoms in total. The fraction of sp³-hybridized carbons (Fsp3) is 0.333. The van der Waals surface area contributed by atoms with Crippen LogP contribution >= 0.6 is 0 Å².